The highest BCUT2D eigenvalue weighted by atomic mass is 35.5. The highest BCUT2D eigenvalue weighted by Gasteiger charge is 2.18. The van der Waals surface area contributed by atoms with E-state index in [9.17, 15) is 0 Å². The van der Waals surface area contributed by atoms with Gasteiger partial charge in [0.05, 0.1) is 15.9 Å². The van der Waals surface area contributed by atoms with Crippen molar-refractivity contribution in [1.82, 2.24) is 14.4 Å². The maximum atomic E-state index is 6.05. The van der Waals surface area contributed by atoms with Crippen LogP contribution in [0, 0.1) is 0 Å². The van der Waals surface area contributed by atoms with Crippen LogP contribution in [-0.4, -0.2) is 14.4 Å². The van der Waals surface area contributed by atoms with Crippen LogP contribution in [0.2, 0.25) is 5.02 Å². The molecule has 5 heteroatoms. The topological polar surface area (TPSA) is 30.2 Å². The first-order valence-corrected chi connectivity index (χ1v) is 9.08. The lowest BCUT2D eigenvalue weighted by molar-refractivity contribution is 1.18. The van der Waals surface area contributed by atoms with E-state index >= 15 is 0 Å². The summed E-state index contributed by atoms with van der Waals surface area (Å²) >= 11 is 7.74. The number of rotatable bonds is 2. The Morgan fingerprint density at radius 2 is 1.64 bits per heavy atom. The van der Waals surface area contributed by atoms with E-state index in [-0.39, 0.29) is 0 Å². The van der Waals surface area contributed by atoms with Crippen molar-refractivity contribution in [1.29, 1.82) is 0 Å². The van der Waals surface area contributed by atoms with Gasteiger partial charge < -0.3 is 0 Å². The Hall–Kier alpha value is -2.69. The van der Waals surface area contributed by atoms with E-state index in [1.54, 1.807) is 11.3 Å². The molecule has 0 aliphatic carbocycles. The Kier molecular flexibility index (Phi) is 3.33. The van der Waals surface area contributed by atoms with Crippen LogP contribution in [-0.2, 0) is 0 Å². The summed E-state index contributed by atoms with van der Waals surface area (Å²) in [6.07, 6.45) is 2.03. The molecular weight excluding hydrogens is 350 g/mol. The minimum Gasteiger partial charge on any atom is -0.297 e. The number of hydrogen-bond donors (Lipinski definition) is 0. The molecule has 3 nitrogen and oxygen atoms in total. The molecule has 3 aromatic heterocycles. The molecule has 0 spiro atoms. The van der Waals surface area contributed by atoms with Gasteiger partial charge in [-0.05, 0) is 36.4 Å². The van der Waals surface area contributed by atoms with Gasteiger partial charge in [-0.2, -0.15) is 0 Å². The molecule has 5 aromatic rings. The number of imidazole rings is 1. The molecule has 5 rings (SSSR count). The van der Waals surface area contributed by atoms with Crippen molar-refractivity contribution < 1.29 is 0 Å². The molecule has 0 saturated heterocycles. The lowest BCUT2D eigenvalue weighted by atomic mass is 10.1. The molecule has 0 N–H and O–H groups in total. The summed E-state index contributed by atoms with van der Waals surface area (Å²) in [7, 11) is 0. The number of hydrogen-bond acceptors (Lipinski definition) is 3. The van der Waals surface area contributed by atoms with Gasteiger partial charge in [-0.15, -0.1) is 11.3 Å². The standard InChI is InChI=1S/C20H12ClN3S/c21-14-10-8-13(9-11-14)18-19(24-12-4-3-7-17(24)23-18)20-22-15-5-1-2-6-16(15)25-20/h1-12H. The zero-order valence-electron chi connectivity index (χ0n) is 13.1. The monoisotopic (exact) mass is 361 g/mol. The van der Waals surface area contributed by atoms with E-state index in [4.69, 9.17) is 21.6 Å². The van der Waals surface area contributed by atoms with Gasteiger partial charge in [0.25, 0.3) is 0 Å². The smallest absolute Gasteiger partial charge is 0.143 e. The van der Waals surface area contributed by atoms with Crippen molar-refractivity contribution in [2.75, 3.05) is 0 Å². The van der Waals surface area contributed by atoms with Gasteiger partial charge in [0.1, 0.15) is 16.3 Å². The summed E-state index contributed by atoms with van der Waals surface area (Å²) in [5.74, 6) is 0. The van der Waals surface area contributed by atoms with Gasteiger partial charge in [-0.3, -0.25) is 4.40 Å². The van der Waals surface area contributed by atoms with Crippen molar-refractivity contribution in [2.45, 2.75) is 0 Å². The SMILES string of the molecule is Clc1ccc(-c2nc3ccccn3c2-c2nc3ccccc3s2)cc1. The molecule has 0 unspecified atom stereocenters. The maximum Gasteiger partial charge on any atom is 0.143 e. The van der Waals surface area contributed by atoms with E-state index in [1.165, 1.54) is 4.70 Å². The molecule has 2 aromatic carbocycles. The summed E-state index contributed by atoms with van der Waals surface area (Å²) in [4.78, 5) is 9.69. The molecule has 0 radical (unpaired) electrons. The van der Waals surface area contributed by atoms with E-state index < -0.39 is 0 Å². The lowest BCUT2D eigenvalue weighted by Crippen LogP contribution is -1.88. The fourth-order valence-electron chi connectivity index (χ4n) is 2.98. The van der Waals surface area contributed by atoms with E-state index in [1.807, 2.05) is 66.9 Å². The molecule has 0 amide bonds. The molecule has 0 fully saturated rings. The van der Waals surface area contributed by atoms with Crippen molar-refractivity contribution in [2.24, 2.45) is 0 Å². The first kappa shape index (κ1) is 14.6. The molecule has 0 aliphatic rings. The zero-order valence-corrected chi connectivity index (χ0v) is 14.6. The number of halogens is 1. The van der Waals surface area contributed by atoms with Crippen LogP contribution in [0.1, 0.15) is 0 Å². The number of aromatic nitrogens is 3. The molecule has 0 saturated carbocycles. The molecule has 3 heterocycles. The van der Waals surface area contributed by atoms with E-state index in [0.717, 1.165) is 33.1 Å². The second-order valence-corrected chi connectivity index (χ2v) is 7.20. The van der Waals surface area contributed by atoms with Crippen LogP contribution >= 0.6 is 22.9 Å². The third-order valence-corrected chi connectivity index (χ3v) is 5.44. The van der Waals surface area contributed by atoms with Crippen molar-refractivity contribution >= 4 is 38.8 Å². The number of pyridine rings is 1. The number of fused-ring (bicyclic) bond motifs is 2. The average Bonchev–Trinajstić information content (AvgIpc) is 3.23. The van der Waals surface area contributed by atoms with Gasteiger partial charge in [-0.1, -0.05) is 41.9 Å². The molecular formula is C20H12ClN3S. The van der Waals surface area contributed by atoms with Crippen LogP contribution in [0.4, 0.5) is 0 Å². The summed E-state index contributed by atoms with van der Waals surface area (Å²) in [5, 5.41) is 1.68. The summed E-state index contributed by atoms with van der Waals surface area (Å²) < 4.78 is 3.27. The third kappa shape index (κ3) is 2.42. The average molecular weight is 362 g/mol. The van der Waals surface area contributed by atoms with Crippen LogP contribution in [0.5, 0.6) is 0 Å². The van der Waals surface area contributed by atoms with Gasteiger partial charge in [0.15, 0.2) is 0 Å². The molecule has 0 aliphatic heterocycles. The number of nitrogens with zero attached hydrogens (tertiary/aromatic N) is 3. The van der Waals surface area contributed by atoms with Crippen LogP contribution in [0.25, 0.3) is 37.8 Å². The zero-order chi connectivity index (χ0) is 16.8. The first-order valence-electron chi connectivity index (χ1n) is 7.88. The number of benzene rings is 2. The minimum atomic E-state index is 0.717. The van der Waals surface area contributed by atoms with Crippen LogP contribution in [0.3, 0.4) is 0 Å². The quantitative estimate of drug-likeness (QED) is 0.390. The van der Waals surface area contributed by atoms with Gasteiger partial charge in [0.2, 0.25) is 0 Å². The lowest BCUT2D eigenvalue weighted by Gasteiger charge is -2.02. The Bertz CT molecular complexity index is 1170. The Balaban J connectivity index is 1.83. The predicted octanol–water partition coefficient (Wildman–Crippen LogP) is 5.93. The number of thiazole rings is 1. The second-order valence-electron chi connectivity index (χ2n) is 5.73. The van der Waals surface area contributed by atoms with Gasteiger partial charge in [0, 0.05) is 16.8 Å². The largest absolute Gasteiger partial charge is 0.297 e. The Morgan fingerprint density at radius 3 is 2.48 bits per heavy atom. The Labute approximate surface area is 153 Å². The molecule has 0 atom stereocenters. The van der Waals surface area contributed by atoms with Crippen LogP contribution in [0.15, 0.2) is 72.9 Å². The van der Waals surface area contributed by atoms with Crippen molar-refractivity contribution in [3.05, 3.63) is 77.9 Å². The minimum absolute atomic E-state index is 0.717. The van der Waals surface area contributed by atoms with Gasteiger partial charge >= 0.3 is 0 Å². The summed E-state index contributed by atoms with van der Waals surface area (Å²) in [6, 6.07) is 22.0. The third-order valence-electron chi connectivity index (χ3n) is 4.14. The molecule has 0 bridgehead atoms. The van der Waals surface area contributed by atoms with Crippen LogP contribution < -0.4 is 0 Å². The fourth-order valence-corrected chi connectivity index (χ4v) is 4.12. The van der Waals surface area contributed by atoms with E-state index in [0.29, 0.717) is 5.02 Å². The van der Waals surface area contributed by atoms with Gasteiger partial charge in [-0.25, -0.2) is 9.97 Å². The first-order chi connectivity index (χ1) is 12.3. The van der Waals surface area contributed by atoms with Crippen molar-refractivity contribution in [3.8, 4) is 22.0 Å². The second kappa shape index (κ2) is 5.69. The normalized spacial score (nSPS) is 11.4. The highest BCUT2D eigenvalue weighted by molar-refractivity contribution is 7.21. The van der Waals surface area contributed by atoms with E-state index in [2.05, 4.69) is 10.5 Å². The fraction of sp³-hybridized carbons (Fsp3) is 0. The predicted molar refractivity (Wildman–Crippen MR) is 104 cm³/mol. The summed E-state index contributed by atoms with van der Waals surface area (Å²) in [5.41, 5.74) is 4.88. The molecule has 25 heavy (non-hydrogen) atoms. The summed E-state index contributed by atoms with van der Waals surface area (Å²) in [6.45, 7) is 0. The number of para-hydroxylation sites is 1. The van der Waals surface area contributed by atoms with Crippen molar-refractivity contribution in [3.63, 3.8) is 0 Å². The highest BCUT2D eigenvalue weighted by Crippen LogP contribution is 2.37. The Morgan fingerprint density at radius 1 is 0.840 bits per heavy atom. The maximum absolute atomic E-state index is 6.05. The molecule has 120 valence electrons.